The number of benzene rings is 2. The van der Waals surface area contributed by atoms with Gasteiger partial charge in [0.05, 0.1) is 17.2 Å². The van der Waals surface area contributed by atoms with Crippen LogP contribution in [0.2, 0.25) is 0 Å². The Hall–Kier alpha value is -3.65. The monoisotopic (exact) mass is 461 g/mol. The zero-order chi connectivity index (χ0) is 23.0. The number of nitrogens with zero attached hydrogens (tertiary/aromatic N) is 3. The molecule has 4 aromatic rings. The molecule has 0 bridgehead atoms. The van der Waals surface area contributed by atoms with E-state index in [4.69, 9.17) is 9.52 Å². The second kappa shape index (κ2) is 8.37. The van der Waals surface area contributed by atoms with Gasteiger partial charge in [-0.25, -0.2) is 13.1 Å². The number of aromatic nitrogens is 2. The van der Waals surface area contributed by atoms with Crippen LogP contribution in [0.5, 0.6) is 0 Å². The highest BCUT2D eigenvalue weighted by molar-refractivity contribution is 7.91. The Morgan fingerprint density at radius 3 is 2.64 bits per heavy atom. The topological polar surface area (TPSA) is 85.4 Å². The summed E-state index contributed by atoms with van der Waals surface area (Å²) in [6, 6.07) is 19.1. The molecule has 1 aliphatic rings. The largest absolute Gasteiger partial charge is 0.454 e. The lowest BCUT2D eigenvalue weighted by Gasteiger charge is -2.21. The van der Waals surface area contributed by atoms with Gasteiger partial charge in [0.15, 0.2) is 15.6 Å². The molecular weight excluding hydrogens is 438 g/mol. The smallest absolute Gasteiger partial charge is 0.246 e. The second-order valence-electron chi connectivity index (χ2n) is 8.20. The van der Waals surface area contributed by atoms with Crippen LogP contribution in [-0.2, 0) is 14.6 Å². The number of sulfone groups is 1. The maximum absolute atomic E-state index is 12.8. The van der Waals surface area contributed by atoms with Crippen molar-refractivity contribution < 1.29 is 17.6 Å². The summed E-state index contributed by atoms with van der Waals surface area (Å²) in [5.41, 5.74) is 2.98. The Morgan fingerprint density at radius 2 is 1.91 bits per heavy atom. The number of carbonyl (C=O) groups is 1. The Bertz CT molecular complexity index is 1420. The summed E-state index contributed by atoms with van der Waals surface area (Å²) in [6.07, 6.45) is 5.48. The van der Waals surface area contributed by atoms with Crippen molar-refractivity contribution in [3.8, 4) is 17.1 Å². The van der Waals surface area contributed by atoms with Crippen LogP contribution in [0, 0.1) is 0 Å². The van der Waals surface area contributed by atoms with Gasteiger partial charge >= 0.3 is 0 Å². The summed E-state index contributed by atoms with van der Waals surface area (Å²) in [7, 11) is -1.42. The lowest BCUT2D eigenvalue weighted by molar-refractivity contribution is -0.126. The van der Waals surface area contributed by atoms with Crippen LogP contribution in [0.1, 0.15) is 12.0 Å². The molecule has 0 radical (unpaired) electrons. The number of para-hydroxylation sites is 2. The lowest BCUT2D eigenvalue weighted by atomic mass is 10.1. The molecule has 1 saturated heterocycles. The first-order valence-electron chi connectivity index (χ1n) is 10.7. The van der Waals surface area contributed by atoms with E-state index in [1.165, 1.54) is 11.0 Å². The Morgan fingerprint density at radius 1 is 1.15 bits per heavy atom. The highest BCUT2D eigenvalue weighted by atomic mass is 32.2. The number of hydrogen-bond donors (Lipinski definition) is 0. The molecular formula is C25H23N3O4S. The van der Waals surface area contributed by atoms with Gasteiger partial charge in [-0.05, 0) is 36.8 Å². The molecule has 7 nitrogen and oxygen atoms in total. The van der Waals surface area contributed by atoms with Gasteiger partial charge in [0.25, 0.3) is 0 Å². The maximum Gasteiger partial charge on any atom is 0.246 e. The highest BCUT2D eigenvalue weighted by Gasteiger charge is 2.32. The molecule has 2 aromatic carbocycles. The molecule has 8 heteroatoms. The Kier molecular flexibility index (Phi) is 5.38. The first kappa shape index (κ1) is 21.2. The molecule has 5 rings (SSSR count). The third-order valence-electron chi connectivity index (χ3n) is 5.93. The first-order chi connectivity index (χ1) is 15.9. The van der Waals surface area contributed by atoms with Crippen molar-refractivity contribution >= 4 is 32.8 Å². The highest BCUT2D eigenvalue weighted by Crippen LogP contribution is 2.30. The van der Waals surface area contributed by atoms with Crippen LogP contribution in [0.3, 0.4) is 0 Å². The van der Waals surface area contributed by atoms with E-state index in [0.29, 0.717) is 17.9 Å². The van der Waals surface area contributed by atoms with Gasteiger partial charge in [-0.15, -0.1) is 0 Å². The summed E-state index contributed by atoms with van der Waals surface area (Å²) in [4.78, 5) is 14.3. The second-order valence-corrected chi connectivity index (χ2v) is 10.4. The quantitative estimate of drug-likeness (QED) is 0.420. The maximum atomic E-state index is 12.8. The molecule has 1 aliphatic heterocycles. The van der Waals surface area contributed by atoms with E-state index in [0.717, 1.165) is 22.2 Å². The predicted octanol–water partition coefficient (Wildman–Crippen LogP) is 3.94. The average molecular weight is 462 g/mol. The molecule has 0 spiro atoms. The minimum Gasteiger partial charge on any atom is -0.454 e. The molecule has 168 valence electrons. The normalized spacial score (nSPS) is 17.7. The van der Waals surface area contributed by atoms with Gasteiger partial charge in [-0.1, -0.05) is 36.4 Å². The van der Waals surface area contributed by atoms with Crippen molar-refractivity contribution in [3.05, 3.63) is 78.5 Å². The van der Waals surface area contributed by atoms with E-state index in [9.17, 15) is 13.2 Å². The van der Waals surface area contributed by atoms with Gasteiger partial charge in [0, 0.05) is 36.3 Å². The van der Waals surface area contributed by atoms with Crippen LogP contribution in [0.15, 0.2) is 77.4 Å². The summed E-state index contributed by atoms with van der Waals surface area (Å²) in [5, 5.41) is 5.70. The standard InChI is InChI=1S/C25H23N3O4S/c1-27(21-13-14-33(30,31)17-21)24(29)12-11-19-16-28(20-8-3-2-4-9-20)26-25(19)23-15-18-7-5-6-10-22(18)32-23/h2-12,15-16,21H,13-14,17H2,1H3/b12-11+/t21-/m1/s1. The van der Waals surface area contributed by atoms with E-state index in [1.807, 2.05) is 66.9 Å². The van der Waals surface area contributed by atoms with Crippen LogP contribution < -0.4 is 0 Å². The van der Waals surface area contributed by atoms with Gasteiger partial charge < -0.3 is 9.32 Å². The third kappa shape index (κ3) is 4.34. The number of carbonyl (C=O) groups excluding carboxylic acids is 1. The number of furan rings is 1. The lowest BCUT2D eigenvalue weighted by Crippen LogP contribution is -2.36. The number of hydrogen-bond acceptors (Lipinski definition) is 5. The van der Waals surface area contributed by atoms with E-state index in [2.05, 4.69) is 0 Å². The van der Waals surface area contributed by atoms with Crippen LogP contribution in [0.4, 0.5) is 0 Å². The van der Waals surface area contributed by atoms with E-state index >= 15 is 0 Å². The van der Waals surface area contributed by atoms with E-state index in [1.54, 1.807) is 17.8 Å². The van der Waals surface area contributed by atoms with Crippen molar-refractivity contribution in [2.75, 3.05) is 18.6 Å². The summed E-state index contributed by atoms with van der Waals surface area (Å²) < 4.78 is 31.3. The molecule has 0 unspecified atom stereocenters. The van der Waals surface area contributed by atoms with Crippen LogP contribution in [-0.4, -0.2) is 53.6 Å². The molecule has 2 aromatic heterocycles. The molecule has 33 heavy (non-hydrogen) atoms. The van der Waals surface area contributed by atoms with Crippen molar-refractivity contribution in [1.29, 1.82) is 0 Å². The molecule has 0 aliphatic carbocycles. The zero-order valence-corrected chi connectivity index (χ0v) is 18.9. The van der Waals surface area contributed by atoms with Gasteiger partial charge in [-0.2, -0.15) is 5.10 Å². The number of amides is 1. The first-order valence-corrected chi connectivity index (χ1v) is 12.5. The fourth-order valence-electron chi connectivity index (χ4n) is 4.05. The van der Waals surface area contributed by atoms with Crippen LogP contribution in [0.25, 0.3) is 34.2 Å². The average Bonchev–Trinajstić information content (AvgIpc) is 3.53. The molecule has 0 saturated carbocycles. The molecule has 3 heterocycles. The van der Waals surface area contributed by atoms with Crippen molar-refractivity contribution in [3.63, 3.8) is 0 Å². The van der Waals surface area contributed by atoms with E-state index in [-0.39, 0.29) is 23.5 Å². The Labute approximate surface area is 191 Å². The SMILES string of the molecule is CN(C(=O)/C=C/c1cn(-c2ccccc2)nc1-c1cc2ccccc2o1)[C@@H]1CCS(=O)(=O)C1. The van der Waals surface area contributed by atoms with Gasteiger partial charge in [0.2, 0.25) is 5.91 Å². The van der Waals surface area contributed by atoms with Gasteiger partial charge in [0.1, 0.15) is 11.3 Å². The number of likely N-dealkylation sites (N-methyl/N-ethyl adjacent to an activating group) is 1. The molecule has 1 atom stereocenters. The minimum atomic E-state index is -3.07. The van der Waals surface area contributed by atoms with Gasteiger partial charge in [-0.3, -0.25) is 4.79 Å². The predicted molar refractivity (Wildman–Crippen MR) is 128 cm³/mol. The zero-order valence-electron chi connectivity index (χ0n) is 18.1. The summed E-state index contributed by atoms with van der Waals surface area (Å²) >= 11 is 0. The molecule has 1 amide bonds. The summed E-state index contributed by atoms with van der Waals surface area (Å²) in [6.45, 7) is 0. The fourth-order valence-corrected chi connectivity index (χ4v) is 5.83. The summed E-state index contributed by atoms with van der Waals surface area (Å²) in [5.74, 6) is 0.492. The van der Waals surface area contributed by atoms with Crippen LogP contribution >= 0.6 is 0 Å². The number of fused-ring (bicyclic) bond motifs is 1. The molecule has 1 fully saturated rings. The van der Waals surface area contributed by atoms with Crippen molar-refractivity contribution in [1.82, 2.24) is 14.7 Å². The molecule has 0 N–H and O–H groups in total. The van der Waals surface area contributed by atoms with E-state index < -0.39 is 9.84 Å². The Balaban J connectivity index is 1.49. The van der Waals surface area contributed by atoms with Crippen molar-refractivity contribution in [2.45, 2.75) is 12.5 Å². The fraction of sp³-hybridized carbons (Fsp3) is 0.200. The third-order valence-corrected chi connectivity index (χ3v) is 7.68. The number of rotatable bonds is 5. The minimum absolute atomic E-state index is 0.0131. The van der Waals surface area contributed by atoms with Crippen molar-refractivity contribution in [2.24, 2.45) is 0 Å².